The molecule has 3 heteroatoms. The van der Waals surface area contributed by atoms with Crippen molar-refractivity contribution in [2.45, 2.75) is 45.4 Å². The van der Waals surface area contributed by atoms with Crippen LogP contribution in [0.5, 0.6) is 0 Å². The highest BCUT2D eigenvalue weighted by Gasteiger charge is 2.36. The van der Waals surface area contributed by atoms with Crippen molar-refractivity contribution in [3.8, 4) is 55.6 Å². The Hall–Kier alpha value is -7.98. The van der Waals surface area contributed by atoms with Gasteiger partial charge in [-0.25, -0.2) is 0 Å². The third-order valence-electron chi connectivity index (χ3n) is 14.9. The maximum atomic E-state index is 6.51. The highest BCUT2D eigenvalue weighted by Crippen LogP contribution is 2.52. The first-order valence-electron chi connectivity index (χ1n) is 24.4. The van der Waals surface area contributed by atoms with Crippen molar-refractivity contribution in [2.24, 2.45) is 0 Å². The Balaban J connectivity index is 0.923. The Morgan fingerprint density at radius 2 is 1.00 bits per heavy atom. The second-order valence-electron chi connectivity index (χ2n) is 20.5. The van der Waals surface area contributed by atoms with Gasteiger partial charge < -0.3 is 9.32 Å². The molecule has 2 nitrogen and oxygen atoms in total. The van der Waals surface area contributed by atoms with Crippen LogP contribution in [-0.2, 0) is 10.8 Å². The van der Waals surface area contributed by atoms with E-state index < -0.39 is 0 Å². The fourth-order valence-corrected chi connectivity index (χ4v) is 12.3. The molecular formula is C67H51NOS. The summed E-state index contributed by atoms with van der Waals surface area (Å²) in [5.74, 6) is 0. The van der Waals surface area contributed by atoms with Gasteiger partial charge in [0, 0.05) is 58.9 Å². The van der Waals surface area contributed by atoms with Gasteiger partial charge in [-0.3, -0.25) is 0 Å². The van der Waals surface area contributed by atoms with Gasteiger partial charge in [0.25, 0.3) is 0 Å². The monoisotopic (exact) mass is 917 g/mol. The van der Waals surface area contributed by atoms with Crippen molar-refractivity contribution in [1.29, 1.82) is 0 Å². The molecule has 0 amide bonds. The molecule has 2 heterocycles. The summed E-state index contributed by atoms with van der Waals surface area (Å²) in [7, 11) is 0. The first kappa shape index (κ1) is 42.1. The maximum Gasteiger partial charge on any atom is 0.143 e. The van der Waals surface area contributed by atoms with Gasteiger partial charge in [-0.15, -0.1) is 11.3 Å². The largest absolute Gasteiger partial charge is 0.455 e. The summed E-state index contributed by atoms with van der Waals surface area (Å²) in [6.07, 6.45) is 0. The maximum absolute atomic E-state index is 6.51. The Bertz CT molecular complexity index is 3990. The molecule has 2 aromatic heterocycles. The molecule has 1 aliphatic rings. The Morgan fingerprint density at radius 1 is 0.414 bits per heavy atom. The van der Waals surface area contributed by atoms with E-state index in [-0.39, 0.29) is 10.8 Å². The number of rotatable bonds is 7. The quantitative estimate of drug-likeness (QED) is 0.158. The van der Waals surface area contributed by atoms with Crippen molar-refractivity contribution >= 4 is 70.5 Å². The van der Waals surface area contributed by atoms with Gasteiger partial charge >= 0.3 is 0 Å². The number of nitrogens with zero attached hydrogens (tertiary/aromatic N) is 1. The first-order chi connectivity index (χ1) is 34.1. The van der Waals surface area contributed by atoms with Crippen molar-refractivity contribution in [3.63, 3.8) is 0 Å². The molecule has 336 valence electrons. The Kier molecular flexibility index (Phi) is 9.67. The molecule has 0 radical (unpaired) electrons. The minimum Gasteiger partial charge on any atom is -0.455 e. The lowest BCUT2D eigenvalue weighted by atomic mass is 9.81. The molecule has 0 atom stereocenters. The van der Waals surface area contributed by atoms with Gasteiger partial charge in [-0.2, -0.15) is 0 Å². The molecule has 0 bridgehead atoms. The van der Waals surface area contributed by atoms with Crippen LogP contribution in [0.2, 0.25) is 0 Å². The molecule has 1 aliphatic carbocycles. The summed E-state index contributed by atoms with van der Waals surface area (Å²) in [4.78, 5) is 2.42. The molecule has 70 heavy (non-hydrogen) atoms. The van der Waals surface area contributed by atoms with Gasteiger partial charge in [0.15, 0.2) is 0 Å². The first-order valence-corrected chi connectivity index (χ1v) is 25.2. The Morgan fingerprint density at radius 3 is 1.77 bits per heavy atom. The van der Waals surface area contributed by atoms with Crippen LogP contribution < -0.4 is 4.90 Å². The molecule has 0 fully saturated rings. The number of thiophene rings is 1. The molecule has 0 saturated carbocycles. The van der Waals surface area contributed by atoms with E-state index in [4.69, 9.17) is 4.42 Å². The molecule has 0 saturated heterocycles. The summed E-state index contributed by atoms with van der Waals surface area (Å²) in [6.45, 7) is 11.6. The highest BCUT2D eigenvalue weighted by atomic mass is 32.1. The molecule has 0 aliphatic heterocycles. The van der Waals surface area contributed by atoms with Gasteiger partial charge in [-0.1, -0.05) is 192 Å². The smallest absolute Gasteiger partial charge is 0.143 e. The zero-order valence-corrected chi connectivity index (χ0v) is 40.9. The van der Waals surface area contributed by atoms with Gasteiger partial charge in [0.2, 0.25) is 0 Å². The lowest BCUT2D eigenvalue weighted by Crippen LogP contribution is -2.15. The Labute approximate surface area is 413 Å². The van der Waals surface area contributed by atoms with E-state index in [1.165, 1.54) is 81.4 Å². The van der Waals surface area contributed by atoms with E-state index in [1.807, 2.05) is 17.4 Å². The number of para-hydroxylation sites is 3. The standard InChI is InChI=1S/C67H51NOS/c1-66(2,3)47-32-24-42(25-33-47)45-30-38-53-57-40-46(31-39-58(57)67(4,5)59(53)41-45)50-14-6-9-20-60(50)68(48-34-26-43(27-35-48)51-17-13-23-63-64(51)56-16-8-11-22-62(56)70-63)49-36-28-44(29-37-49)52-18-12-19-55-54-15-7-10-21-61(54)69-65(52)55/h6-41H,1-5H3. The summed E-state index contributed by atoms with van der Waals surface area (Å²) in [5.41, 5.74) is 21.3. The third kappa shape index (κ3) is 6.83. The molecule has 13 rings (SSSR count). The lowest BCUT2D eigenvalue weighted by molar-refractivity contribution is 0.590. The number of fused-ring (bicyclic) bond motifs is 9. The van der Waals surface area contributed by atoms with Gasteiger partial charge in [0.1, 0.15) is 11.2 Å². The summed E-state index contributed by atoms with van der Waals surface area (Å²) >= 11 is 1.86. The van der Waals surface area contributed by atoms with Crippen LogP contribution >= 0.6 is 11.3 Å². The minimum absolute atomic E-state index is 0.116. The van der Waals surface area contributed by atoms with E-state index in [2.05, 4.69) is 252 Å². The molecule has 0 N–H and O–H groups in total. The zero-order valence-electron chi connectivity index (χ0n) is 40.0. The third-order valence-corrected chi connectivity index (χ3v) is 16.0. The number of furan rings is 1. The number of benzene rings is 10. The van der Waals surface area contributed by atoms with Crippen LogP contribution in [0.25, 0.3) is 97.7 Å². The van der Waals surface area contributed by atoms with Crippen LogP contribution in [0.3, 0.4) is 0 Å². The van der Waals surface area contributed by atoms with E-state index in [9.17, 15) is 0 Å². The second kappa shape index (κ2) is 16.1. The fraction of sp³-hybridized carbons (Fsp3) is 0.104. The predicted molar refractivity (Wildman–Crippen MR) is 299 cm³/mol. The molecule has 0 spiro atoms. The average molecular weight is 918 g/mol. The number of hydrogen-bond donors (Lipinski definition) is 0. The topological polar surface area (TPSA) is 16.4 Å². The second-order valence-corrected chi connectivity index (χ2v) is 21.6. The highest BCUT2D eigenvalue weighted by molar-refractivity contribution is 7.25. The van der Waals surface area contributed by atoms with Crippen LogP contribution in [0.15, 0.2) is 223 Å². The SMILES string of the molecule is CC(C)(C)c1ccc(-c2ccc3c(c2)C(C)(C)c2ccc(-c4ccccc4N(c4ccc(-c5cccc6c5oc5ccccc56)cc4)c4ccc(-c5cccc6sc7ccccc7c56)cc4)cc2-3)cc1. The normalized spacial score (nSPS) is 13.0. The van der Waals surface area contributed by atoms with Crippen molar-refractivity contribution in [1.82, 2.24) is 0 Å². The van der Waals surface area contributed by atoms with Crippen molar-refractivity contribution < 1.29 is 4.42 Å². The number of anilines is 3. The molecule has 10 aromatic carbocycles. The van der Waals surface area contributed by atoms with E-state index in [0.29, 0.717) is 0 Å². The lowest BCUT2D eigenvalue weighted by Gasteiger charge is -2.28. The van der Waals surface area contributed by atoms with Gasteiger partial charge in [-0.05, 0) is 127 Å². The fourth-order valence-electron chi connectivity index (χ4n) is 11.2. The van der Waals surface area contributed by atoms with Gasteiger partial charge in [0.05, 0.1) is 5.69 Å². The predicted octanol–water partition coefficient (Wildman–Crippen LogP) is 19.7. The van der Waals surface area contributed by atoms with E-state index >= 15 is 0 Å². The summed E-state index contributed by atoms with van der Waals surface area (Å²) < 4.78 is 9.13. The van der Waals surface area contributed by atoms with Crippen LogP contribution in [0.1, 0.15) is 51.3 Å². The number of hydrogen-bond acceptors (Lipinski definition) is 3. The van der Waals surface area contributed by atoms with E-state index in [0.717, 1.165) is 50.1 Å². The van der Waals surface area contributed by atoms with E-state index in [1.54, 1.807) is 0 Å². The van der Waals surface area contributed by atoms with Crippen LogP contribution in [0.4, 0.5) is 17.1 Å². The average Bonchev–Trinajstić information content (AvgIpc) is 4.04. The van der Waals surface area contributed by atoms with Crippen molar-refractivity contribution in [2.75, 3.05) is 4.90 Å². The summed E-state index contributed by atoms with van der Waals surface area (Å²) in [5, 5.41) is 4.89. The molecular weight excluding hydrogens is 867 g/mol. The zero-order chi connectivity index (χ0) is 47.3. The van der Waals surface area contributed by atoms with Crippen LogP contribution in [-0.4, -0.2) is 0 Å². The molecule has 0 unspecified atom stereocenters. The van der Waals surface area contributed by atoms with Crippen molar-refractivity contribution in [3.05, 3.63) is 235 Å². The molecule has 12 aromatic rings. The van der Waals surface area contributed by atoms with Crippen LogP contribution in [0, 0.1) is 0 Å². The minimum atomic E-state index is -0.147. The summed E-state index contributed by atoms with van der Waals surface area (Å²) in [6, 6.07) is 80.7.